The Hall–Kier alpha value is -3.69. The van der Waals surface area contributed by atoms with E-state index in [1.165, 1.54) is 36.5 Å². The number of ether oxygens (including phenoxy) is 1. The first-order chi connectivity index (χ1) is 18.4. The van der Waals surface area contributed by atoms with E-state index in [0.29, 0.717) is 43.7 Å². The Morgan fingerprint density at radius 3 is 2.03 bits per heavy atom. The molecule has 0 saturated carbocycles. The maximum atomic E-state index is 13.2. The number of carbonyl (C=O) groups is 2. The summed E-state index contributed by atoms with van der Waals surface area (Å²) in [7, 11) is 1.60. The first-order valence-corrected chi connectivity index (χ1v) is 12.1. The minimum absolute atomic E-state index is 0.0441. The van der Waals surface area contributed by atoms with Gasteiger partial charge in [0.2, 0.25) is 12.2 Å². The monoisotopic (exact) mass is 530 g/mol. The van der Waals surface area contributed by atoms with Crippen LogP contribution in [0.5, 0.6) is 5.75 Å². The predicted octanol–water partition coefficient (Wildman–Crippen LogP) is 2.89. The van der Waals surface area contributed by atoms with Crippen molar-refractivity contribution in [3.05, 3.63) is 65.5 Å². The Morgan fingerprint density at radius 1 is 0.895 bits per heavy atom. The summed E-state index contributed by atoms with van der Waals surface area (Å²) in [5, 5.41) is 25.3. The van der Waals surface area contributed by atoms with Gasteiger partial charge in [-0.3, -0.25) is 24.3 Å². The van der Waals surface area contributed by atoms with Crippen molar-refractivity contribution >= 4 is 11.7 Å². The smallest absolute Gasteiger partial charge is 0.253 e. The summed E-state index contributed by atoms with van der Waals surface area (Å²) < 4.78 is 18.3. The summed E-state index contributed by atoms with van der Waals surface area (Å²) in [6.07, 6.45) is 4.50. The van der Waals surface area contributed by atoms with E-state index in [1.54, 1.807) is 36.3 Å². The van der Waals surface area contributed by atoms with Crippen LogP contribution in [0.25, 0.3) is 0 Å². The predicted molar refractivity (Wildman–Crippen MR) is 134 cm³/mol. The lowest BCUT2D eigenvalue weighted by atomic mass is 9.87. The second kappa shape index (κ2) is 14.3. The number of piperidine rings is 2. The second-order valence-electron chi connectivity index (χ2n) is 8.97. The molecule has 0 radical (unpaired) electrons. The van der Waals surface area contributed by atoms with Gasteiger partial charge in [-0.1, -0.05) is 0 Å². The van der Waals surface area contributed by atoms with Crippen LogP contribution in [0, 0.1) is 23.9 Å². The van der Waals surface area contributed by atoms with Crippen molar-refractivity contribution in [2.45, 2.75) is 31.4 Å². The lowest BCUT2D eigenvalue weighted by molar-refractivity contribution is -0.188. The van der Waals surface area contributed by atoms with Crippen LogP contribution in [0.4, 0.5) is 4.39 Å². The molecule has 4 rings (SSSR count). The van der Waals surface area contributed by atoms with Gasteiger partial charge in [0.15, 0.2) is 5.78 Å². The van der Waals surface area contributed by atoms with Gasteiger partial charge in [-0.2, -0.15) is 10.5 Å². The number of amides is 1. The number of nitrogens with zero attached hydrogens (tertiary/aromatic N) is 2. The number of aliphatic hydroxyl groups is 1. The number of hydrogen-bond donors (Lipinski definition) is 3. The van der Waals surface area contributed by atoms with Gasteiger partial charge in [-0.05, 0) is 80.9 Å². The Labute approximate surface area is 220 Å². The molecule has 0 aliphatic carbocycles. The van der Waals surface area contributed by atoms with E-state index in [4.69, 9.17) is 15.3 Å². The number of benzene rings is 2. The Bertz CT molecular complexity index is 1100. The quantitative estimate of drug-likeness (QED) is 0.231. The van der Waals surface area contributed by atoms with Crippen LogP contribution in [0.15, 0.2) is 48.5 Å². The number of hydrogen-bond acceptors (Lipinski definition) is 9. The minimum Gasteiger partial charge on any atom is -0.497 e. The van der Waals surface area contributed by atoms with Crippen molar-refractivity contribution < 1.29 is 44.1 Å². The number of aliphatic hydroxyl groups excluding tert-OH is 1. The van der Waals surface area contributed by atoms with Crippen molar-refractivity contribution in [3.8, 4) is 18.0 Å². The van der Waals surface area contributed by atoms with Crippen LogP contribution in [0.3, 0.4) is 0 Å². The topological polar surface area (TPSA) is 129 Å². The molecule has 2 fully saturated rings. The molecule has 2 heterocycles. The molecule has 10 nitrogen and oxygen atoms in total. The normalized spacial score (nSPS) is 19.8. The van der Waals surface area contributed by atoms with Crippen LogP contribution >= 0.6 is 0 Å². The maximum absolute atomic E-state index is 13.2. The van der Waals surface area contributed by atoms with Gasteiger partial charge >= 0.3 is 0 Å². The Balaban J connectivity index is 0.000000599. The summed E-state index contributed by atoms with van der Waals surface area (Å²) >= 11 is 0. The zero-order valence-corrected chi connectivity index (χ0v) is 21.0. The summed E-state index contributed by atoms with van der Waals surface area (Å²) in [4.78, 5) is 35.9. The maximum Gasteiger partial charge on any atom is 0.253 e. The molecule has 2 unspecified atom stereocenters. The number of halogens is 1. The van der Waals surface area contributed by atoms with Gasteiger partial charge in [-0.15, -0.1) is 0 Å². The molecule has 38 heavy (non-hydrogen) atoms. The van der Waals surface area contributed by atoms with Gasteiger partial charge in [0.05, 0.1) is 19.3 Å². The average Bonchev–Trinajstić information content (AvgIpc) is 2.96. The Kier molecular flexibility index (Phi) is 10.9. The number of carbonyl (C=O) groups excluding carboxylic acids is 2. The average molecular weight is 531 g/mol. The molecule has 2 aliphatic rings. The van der Waals surface area contributed by atoms with Gasteiger partial charge in [0.1, 0.15) is 11.6 Å². The van der Waals surface area contributed by atoms with Crippen molar-refractivity contribution in [2.75, 3.05) is 33.3 Å². The van der Waals surface area contributed by atoms with Gasteiger partial charge in [0.25, 0.3) is 5.91 Å². The molecule has 3 N–H and O–H groups in total. The molecule has 0 aromatic heterocycles. The molecule has 2 aromatic rings. The first-order valence-electron chi connectivity index (χ1n) is 12.1. The molecule has 2 atom stereocenters. The highest BCUT2D eigenvalue weighted by atomic mass is 19.1. The molecular formula is C27H31FN2O8. The molecule has 2 saturated heterocycles. The zero-order valence-electron chi connectivity index (χ0n) is 21.0. The van der Waals surface area contributed by atoms with Crippen LogP contribution in [0.2, 0.25) is 0 Å². The molecule has 0 spiro atoms. The lowest BCUT2D eigenvalue weighted by Gasteiger charge is -2.44. The zero-order chi connectivity index (χ0) is 27.5. The molecule has 11 heteroatoms. The van der Waals surface area contributed by atoms with Crippen LogP contribution in [-0.2, 0) is 9.78 Å². The van der Waals surface area contributed by atoms with Crippen LogP contribution in [-0.4, -0.2) is 82.5 Å². The largest absolute Gasteiger partial charge is 0.497 e. The fourth-order valence-electron chi connectivity index (χ4n) is 4.76. The Morgan fingerprint density at radius 2 is 1.47 bits per heavy atom. The molecule has 1 amide bonds. The third-order valence-electron chi connectivity index (χ3n) is 6.80. The molecule has 2 aromatic carbocycles. The molecule has 204 valence electrons. The van der Waals surface area contributed by atoms with Crippen molar-refractivity contribution in [1.82, 2.24) is 9.80 Å². The van der Waals surface area contributed by atoms with E-state index < -0.39 is 6.10 Å². The third-order valence-corrected chi connectivity index (χ3v) is 6.80. The second-order valence-corrected chi connectivity index (χ2v) is 8.97. The fraction of sp³-hybridized carbons (Fsp3) is 0.407. The molecular weight excluding hydrogens is 499 g/mol. The summed E-state index contributed by atoms with van der Waals surface area (Å²) in [5.74, 6) is 0.302. The number of likely N-dealkylation sites (tertiary alicyclic amines) is 2. The standard InChI is InChI=1S/C25H29FN2O4.C2H2O4/c1-32-21-8-4-17(5-9-21)24(30)18-10-13-27(14-11-18)22-16-28(15-12-23(22)29)25(31)19-2-6-20(26)7-3-19;3-5-1-2-6-4/h2-9,18,22-23,29H,10-16H2,1H3;3-4H. The minimum atomic E-state index is -0.513. The van der Waals surface area contributed by atoms with E-state index in [-0.39, 0.29) is 29.5 Å². The highest BCUT2D eigenvalue weighted by molar-refractivity contribution is 5.98. The van der Waals surface area contributed by atoms with E-state index >= 15 is 0 Å². The van der Waals surface area contributed by atoms with Gasteiger partial charge in [-0.25, -0.2) is 4.39 Å². The number of Topliss-reactive ketones (excluding diaryl/α,β-unsaturated/α-hetero) is 1. The van der Waals surface area contributed by atoms with E-state index in [2.05, 4.69) is 14.7 Å². The van der Waals surface area contributed by atoms with Gasteiger partial charge in [0, 0.05) is 30.1 Å². The number of ketones is 1. The first kappa shape index (κ1) is 28.9. The SMILES string of the molecule is COc1ccc(C(=O)C2CCN(C3CN(C(=O)c4ccc(F)cc4)CCC3O)CC2)cc1.OOC#COO. The number of methoxy groups -OCH3 is 1. The summed E-state index contributed by atoms with van der Waals surface area (Å²) in [5.41, 5.74) is 1.14. The summed E-state index contributed by atoms with van der Waals surface area (Å²) in [6, 6.07) is 12.6. The van der Waals surface area contributed by atoms with Crippen LogP contribution in [0.1, 0.15) is 40.0 Å². The third kappa shape index (κ3) is 7.66. The fourth-order valence-corrected chi connectivity index (χ4v) is 4.76. The highest BCUT2D eigenvalue weighted by Gasteiger charge is 2.37. The molecule has 2 aliphatic heterocycles. The number of rotatable bonds is 5. The van der Waals surface area contributed by atoms with Crippen LogP contribution < -0.4 is 4.74 Å². The lowest BCUT2D eigenvalue weighted by Crippen LogP contribution is -2.58. The molecule has 0 bridgehead atoms. The van der Waals surface area contributed by atoms with E-state index in [1.807, 2.05) is 0 Å². The van der Waals surface area contributed by atoms with Crippen molar-refractivity contribution in [2.24, 2.45) is 5.92 Å². The van der Waals surface area contributed by atoms with E-state index in [9.17, 15) is 19.1 Å². The highest BCUT2D eigenvalue weighted by Crippen LogP contribution is 2.27. The van der Waals surface area contributed by atoms with E-state index in [0.717, 1.165) is 18.6 Å². The van der Waals surface area contributed by atoms with Crippen molar-refractivity contribution in [3.63, 3.8) is 0 Å². The van der Waals surface area contributed by atoms with Gasteiger partial charge < -0.3 is 14.7 Å². The summed E-state index contributed by atoms with van der Waals surface area (Å²) in [6.45, 7) is 2.30. The van der Waals surface area contributed by atoms with Crippen molar-refractivity contribution in [1.29, 1.82) is 0 Å².